The van der Waals surface area contributed by atoms with E-state index in [0.717, 1.165) is 45.2 Å². The van der Waals surface area contributed by atoms with E-state index in [9.17, 15) is 9.59 Å². The lowest BCUT2D eigenvalue weighted by Gasteiger charge is -2.25. The average molecular weight is 343 g/mol. The Morgan fingerprint density at radius 3 is 2.00 bits per heavy atom. The molecule has 0 aromatic heterocycles. The first-order valence-electron chi connectivity index (χ1n) is 9.26. The summed E-state index contributed by atoms with van der Waals surface area (Å²) in [5, 5.41) is 0. The topological polar surface area (TPSA) is 49.9 Å². The van der Waals surface area contributed by atoms with Gasteiger partial charge in [-0.05, 0) is 54.1 Å². The largest absolute Gasteiger partial charge is 0.444 e. The first-order chi connectivity index (χ1) is 11.1. The minimum absolute atomic E-state index is 0.188. The molecule has 1 saturated carbocycles. The molecular weight excluding hydrogens is 304 g/mol. The number of carbonyl (C=O) groups is 2. The lowest BCUT2D eigenvalue weighted by Crippen LogP contribution is -2.37. The summed E-state index contributed by atoms with van der Waals surface area (Å²) in [6.45, 7) is 11.5. The van der Waals surface area contributed by atoms with Crippen molar-refractivity contribution in [2.45, 2.75) is 84.8 Å². The van der Waals surface area contributed by atoms with Gasteiger partial charge in [0, 0.05) is 32.0 Å². The van der Waals surface area contributed by atoms with E-state index in [-0.39, 0.29) is 6.09 Å². The van der Waals surface area contributed by atoms with E-state index >= 15 is 0 Å². The minimum atomic E-state index is -0.396. The zero-order valence-electron chi connectivity index (χ0n) is 16.9. The number of ether oxygens (including phenoxy) is 1. The molecule has 1 heterocycles. The van der Waals surface area contributed by atoms with Crippen LogP contribution in [0, 0.1) is 0 Å². The van der Waals surface area contributed by atoms with Crippen LogP contribution in [0.2, 0.25) is 0 Å². The van der Waals surface area contributed by atoms with Gasteiger partial charge in [-0.3, -0.25) is 4.79 Å². The van der Waals surface area contributed by atoms with Crippen LogP contribution in [0.4, 0.5) is 4.79 Å². The molecule has 1 amide bonds. The molecule has 1 aliphatic carbocycles. The van der Waals surface area contributed by atoms with Crippen molar-refractivity contribution < 1.29 is 14.3 Å². The van der Waals surface area contributed by atoms with Crippen LogP contribution in [0.15, 0.2) is 0 Å². The molecule has 24 heavy (non-hydrogen) atoms. The van der Waals surface area contributed by atoms with Gasteiger partial charge in [0.15, 0.2) is 0 Å². The monoisotopic (exact) mass is 342 g/mol. The fourth-order valence-corrected chi connectivity index (χ4v) is 2.42. The van der Waals surface area contributed by atoms with Gasteiger partial charge in [-0.15, -0.1) is 0 Å². The molecular formula is C19H38N2O3. The highest BCUT2D eigenvalue weighted by atomic mass is 16.6. The second-order valence-corrected chi connectivity index (χ2v) is 7.79. The number of carbonyl (C=O) groups excluding carboxylic acids is 2. The van der Waals surface area contributed by atoms with Gasteiger partial charge in [-0.1, -0.05) is 20.3 Å². The molecule has 2 fully saturated rings. The van der Waals surface area contributed by atoms with Gasteiger partial charge in [0.2, 0.25) is 0 Å². The van der Waals surface area contributed by atoms with Crippen molar-refractivity contribution in [3.8, 4) is 0 Å². The van der Waals surface area contributed by atoms with Crippen LogP contribution in [-0.2, 0) is 9.53 Å². The number of nitrogens with zero attached hydrogens (tertiary/aromatic N) is 2. The first-order valence-corrected chi connectivity index (χ1v) is 9.26. The number of Topliss-reactive ketones (excluding diaryl/α,β-unsaturated/α-hetero) is 1. The highest BCUT2D eigenvalue weighted by Crippen LogP contribution is 2.17. The number of hydrogen-bond acceptors (Lipinski definition) is 4. The predicted octanol–water partition coefficient (Wildman–Crippen LogP) is 4.10. The summed E-state index contributed by atoms with van der Waals surface area (Å²) >= 11 is 0. The smallest absolute Gasteiger partial charge is 0.410 e. The lowest BCUT2D eigenvalue weighted by molar-refractivity contribution is -0.117. The number of ketones is 1. The van der Waals surface area contributed by atoms with Crippen LogP contribution in [0.25, 0.3) is 0 Å². The molecule has 5 heteroatoms. The van der Waals surface area contributed by atoms with Crippen LogP contribution < -0.4 is 0 Å². The van der Waals surface area contributed by atoms with Crippen molar-refractivity contribution in [1.82, 2.24) is 9.80 Å². The number of rotatable bonds is 1. The number of amides is 1. The molecule has 0 spiro atoms. The van der Waals surface area contributed by atoms with Gasteiger partial charge in [-0.2, -0.15) is 0 Å². The van der Waals surface area contributed by atoms with Crippen LogP contribution >= 0.6 is 0 Å². The van der Waals surface area contributed by atoms with Crippen LogP contribution in [0.5, 0.6) is 0 Å². The molecule has 0 aromatic rings. The van der Waals surface area contributed by atoms with Crippen LogP contribution in [0.3, 0.4) is 0 Å². The van der Waals surface area contributed by atoms with Gasteiger partial charge < -0.3 is 14.5 Å². The van der Waals surface area contributed by atoms with Gasteiger partial charge in [-0.25, -0.2) is 4.79 Å². The molecule has 1 aliphatic heterocycles. The van der Waals surface area contributed by atoms with E-state index in [0.29, 0.717) is 11.8 Å². The van der Waals surface area contributed by atoms with Gasteiger partial charge in [0.05, 0.1) is 0 Å². The highest BCUT2D eigenvalue weighted by Gasteiger charge is 2.30. The molecule has 142 valence electrons. The SMILES string of the molecule is CCC.CN(C)C1CCN(C(=O)OC(C)(C)C)C1.O=C1CCCC1. The van der Waals surface area contributed by atoms with Crippen LogP contribution in [0.1, 0.15) is 73.1 Å². The summed E-state index contributed by atoms with van der Waals surface area (Å²) in [6, 6.07) is 0.470. The third kappa shape index (κ3) is 10.6. The summed E-state index contributed by atoms with van der Waals surface area (Å²) in [5.74, 6) is 0.454. The molecule has 5 nitrogen and oxygen atoms in total. The first kappa shape index (κ1) is 22.9. The quantitative estimate of drug-likeness (QED) is 0.720. The number of likely N-dealkylation sites (N-methyl/N-ethyl adjacent to an activating group) is 1. The predicted molar refractivity (Wildman–Crippen MR) is 99.3 cm³/mol. The minimum Gasteiger partial charge on any atom is -0.444 e. The maximum atomic E-state index is 11.7. The molecule has 0 bridgehead atoms. The van der Waals surface area contributed by atoms with Crippen molar-refractivity contribution in [2.24, 2.45) is 0 Å². The Kier molecular flexibility index (Phi) is 10.9. The molecule has 1 unspecified atom stereocenters. The molecule has 2 aliphatic rings. The zero-order chi connectivity index (χ0) is 18.8. The summed E-state index contributed by atoms with van der Waals surface area (Å²) in [4.78, 5) is 25.9. The summed E-state index contributed by atoms with van der Waals surface area (Å²) in [5.41, 5.74) is -0.396. The fourth-order valence-electron chi connectivity index (χ4n) is 2.42. The Balaban J connectivity index is 0.000000482. The van der Waals surface area contributed by atoms with Crippen molar-refractivity contribution in [2.75, 3.05) is 27.2 Å². The Hall–Kier alpha value is -1.10. The number of hydrogen-bond donors (Lipinski definition) is 0. The van der Waals surface area contributed by atoms with Crippen molar-refractivity contribution in [1.29, 1.82) is 0 Å². The van der Waals surface area contributed by atoms with Crippen LogP contribution in [-0.4, -0.2) is 60.5 Å². The molecule has 1 saturated heterocycles. The Bertz CT molecular complexity index is 367. The van der Waals surface area contributed by atoms with E-state index in [4.69, 9.17) is 4.74 Å². The summed E-state index contributed by atoms with van der Waals surface area (Å²) in [7, 11) is 4.09. The van der Waals surface area contributed by atoms with E-state index < -0.39 is 5.60 Å². The van der Waals surface area contributed by atoms with Gasteiger partial charge >= 0.3 is 6.09 Å². The summed E-state index contributed by atoms with van der Waals surface area (Å²) < 4.78 is 5.32. The second-order valence-electron chi connectivity index (χ2n) is 7.79. The maximum Gasteiger partial charge on any atom is 0.410 e. The van der Waals surface area contributed by atoms with Gasteiger partial charge in [0.1, 0.15) is 11.4 Å². The average Bonchev–Trinajstić information content (AvgIpc) is 3.09. The molecule has 0 aromatic carbocycles. The third-order valence-electron chi connectivity index (χ3n) is 3.71. The van der Waals surface area contributed by atoms with E-state index in [1.807, 2.05) is 34.9 Å². The van der Waals surface area contributed by atoms with Crippen molar-refractivity contribution >= 4 is 11.9 Å². The van der Waals surface area contributed by atoms with E-state index in [2.05, 4.69) is 18.7 Å². The second kappa shape index (κ2) is 11.5. The van der Waals surface area contributed by atoms with E-state index in [1.165, 1.54) is 6.42 Å². The Labute approximate surface area is 148 Å². The Morgan fingerprint density at radius 2 is 1.71 bits per heavy atom. The third-order valence-corrected chi connectivity index (χ3v) is 3.71. The fraction of sp³-hybridized carbons (Fsp3) is 0.895. The van der Waals surface area contributed by atoms with Gasteiger partial charge in [0.25, 0.3) is 0 Å². The normalized spacial score (nSPS) is 20.2. The zero-order valence-corrected chi connectivity index (χ0v) is 16.9. The highest BCUT2D eigenvalue weighted by molar-refractivity contribution is 5.80. The molecule has 2 rings (SSSR count). The number of likely N-dealkylation sites (tertiary alicyclic amines) is 1. The Morgan fingerprint density at radius 1 is 1.21 bits per heavy atom. The van der Waals surface area contributed by atoms with E-state index in [1.54, 1.807) is 4.90 Å². The molecule has 1 atom stereocenters. The lowest BCUT2D eigenvalue weighted by atomic mass is 10.2. The van der Waals surface area contributed by atoms with Crippen molar-refractivity contribution in [3.63, 3.8) is 0 Å². The molecule has 0 N–H and O–H groups in total. The maximum absolute atomic E-state index is 11.7. The van der Waals surface area contributed by atoms with Crippen molar-refractivity contribution in [3.05, 3.63) is 0 Å². The summed E-state index contributed by atoms with van der Waals surface area (Å²) in [6.07, 6.45) is 6.07. The molecule has 0 radical (unpaired) electrons. The standard InChI is InChI=1S/C11H22N2O2.C5H8O.C3H8/c1-11(2,3)15-10(14)13-7-6-9(8-13)12(4)5;6-5-3-1-2-4-5;1-3-2/h9H,6-8H2,1-5H3;1-4H2;3H2,1-2H3.